The number of aromatic nitrogens is 2. The molecular formula is C18H24N2O2S2. The van der Waals surface area contributed by atoms with E-state index in [0.717, 1.165) is 46.8 Å². The van der Waals surface area contributed by atoms with Gasteiger partial charge in [0.25, 0.3) is 5.56 Å². The second-order valence-electron chi connectivity index (χ2n) is 6.74. The van der Waals surface area contributed by atoms with Crippen LogP contribution in [0.1, 0.15) is 55.0 Å². The van der Waals surface area contributed by atoms with Gasteiger partial charge >= 0.3 is 0 Å². The fraction of sp³-hybridized carbons (Fsp3) is 0.667. The van der Waals surface area contributed by atoms with E-state index >= 15 is 0 Å². The average Bonchev–Trinajstić information content (AvgIpc) is 3.22. The van der Waals surface area contributed by atoms with Gasteiger partial charge in [0.2, 0.25) is 0 Å². The summed E-state index contributed by atoms with van der Waals surface area (Å²) in [4.78, 5) is 20.7. The fourth-order valence-electron chi connectivity index (χ4n) is 4.00. The van der Waals surface area contributed by atoms with Crippen LogP contribution in [-0.4, -0.2) is 29.0 Å². The molecule has 2 aromatic heterocycles. The molecule has 0 saturated heterocycles. The molecule has 0 aromatic carbocycles. The molecule has 24 heavy (non-hydrogen) atoms. The van der Waals surface area contributed by atoms with Crippen molar-refractivity contribution in [3.05, 3.63) is 20.8 Å². The standard InChI is InChI=1S/C18H24N2O2S2/c1-22-10-11-23-18-19-16-15(13-8-4-5-9-14(13)24-16)17(21)20(18)12-6-2-3-7-12/h12H,2-11H2,1H3. The molecule has 0 amide bonds. The summed E-state index contributed by atoms with van der Waals surface area (Å²) in [5.74, 6) is 0.840. The third kappa shape index (κ3) is 2.93. The van der Waals surface area contributed by atoms with Gasteiger partial charge in [0, 0.05) is 23.8 Å². The average molecular weight is 365 g/mol. The molecule has 0 aliphatic heterocycles. The summed E-state index contributed by atoms with van der Waals surface area (Å²) in [6.07, 6.45) is 9.27. The van der Waals surface area contributed by atoms with Crippen molar-refractivity contribution in [2.24, 2.45) is 0 Å². The Kier molecular flexibility index (Phi) is 4.97. The van der Waals surface area contributed by atoms with Gasteiger partial charge in [0.1, 0.15) is 4.83 Å². The van der Waals surface area contributed by atoms with Crippen LogP contribution in [0.4, 0.5) is 0 Å². The summed E-state index contributed by atoms with van der Waals surface area (Å²) < 4.78 is 7.20. The maximum absolute atomic E-state index is 13.4. The van der Waals surface area contributed by atoms with Gasteiger partial charge in [-0.2, -0.15) is 0 Å². The first-order valence-corrected chi connectivity index (χ1v) is 10.8. The van der Waals surface area contributed by atoms with Gasteiger partial charge in [-0.25, -0.2) is 4.98 Å². The molecule has 4 rings (SSSR count). The number of methoxy groups -OCH3 is 1. The number of rotatable bonds is 5. The van der Waals surface area contributed by atoms with Crippen molar-refractivity contribution in [3.8, 4) is 0 Å². The Morgan fingerprint density at radius 1 is 1.25 bits per heavy atom. The van der Waals surface area contributed by atoms with E-state index in [4.69, 9.17) is 9.72 Å². The van der Waals surface area contributed by atoms with Crippen LogP contribution in [0, 0.1) is 0 Å². The van der Waals surface area contributed by atoms with E-state index < -0.39 is 0 Å². The SMILES string of the molecule is COCCSc1nc2sc3c(c2c(=O)n1C1CCCC1)CCCC3. The van der Waals surface area contributed by atoms with Gasteiger partial charge in [0.05, 0.1) is 12.0 Å². The van der Waals surface area contributed by atoms with Crippen LogP contribution in [0.5, 0.6) is 0 Å². The molecule has 0 unspecified atom stereocenters. The second kappa shape index (κ2) is 7.18. The zero-order valence-corrected chi connectivity index (χ0v) is 15.8. The van der Waals surface area contributed by atoms with Crippen LogP contribution in [0.3, 0.4) is 0 Å². The number of nitrogens with zero attached hydrogens (tertiary/aromatic N) is 2. The summed E-state index contributed by atoms with van der Waals surface area (Å²) in [5.41, 5.74) is 1.52. The summed E-state index contributed by atoms with van der Waals surface area (Å²) in [5, 5.41) is 1.83. The number of hydrogen-bond acceptors (Lipinski definition) is 5. The van der Waals surface area contributed by atoms with Gasteiger partial charge in [-0.05, 0) is 44.1 Å². The largest absolute Gasteiger partial charge is 0.384 e. The number of ether oxygens (including phenoxy) is 1. The topological polar surface area (TPSA) is 44.1 Å². The van der Waals surface area contributed by atoms with Crippen LogP contribution < -0.4 is 5.56 Å². The summed E-state index contributed by atoms with van der Waals surface area (Å²) in [6, 6.07) is 0.332. The first-order valence-electron chi connectivity index (χ1n) is 8.98. The molecule has 0 atom stereocenters. The third-order valence-electron chi connectivity index (χ3n) is 5.20. The number of aryl methyl sites for hydroxylation is 2. The van der Waals surface area contributed by atoms with Crippen molar-refractivity contribution in [2.75, 3.05) is 19.5 Å². The van der Waals surface area contributed by atoms with Crippen molar-refractivity contribution >= 4 is 33.3 Å². The number of thiophene rings is 1. The number of fused-ring (bicyclic) bond motifs is 3. The van der Waals surface area contributed by atoms with E-state index in [1.807, 2.05) is 4.57 Å². The van der Waals surface area contributed by atoms with Crippen molar-refractivity contribution in [3.63, 3.8) is 0 Å². The zero-order chi connectivity index (χ0) is 16.5. The second-order valence-corrected chi connectivity index (χ2v) is 8.89. The summed E-state index contributed by atoms with van der Waals surface area (Å²) >= 11 is 3.42. The highest BCUT2D eigenvalue weighted by Crippen LogP contribution is 2.37. The Hall–Kier alpha value is -0.850. The molecule has 2 aliphatic rings. The van der Waals surface area contributed by atoms with Crippen molar-refractivity contribution < 1.29 is 4.74 Å². The predicted octanol–water partition coefficient (Wildman–Crippen LogP) is 4.19. The minimum absolute atomic E-state index is 0.214. The van der Waals surface area contributed by atoms with Gasteiger partial charge < -0.3 is 4.74 Å². The van der Waals surface area contributed by atoms with Crippen LogP contribution in [0.25, 0.3) is 10.2 Å². The maximum Gasteiger partial charge on any atom is 0.263 e. The smallest absolute Gasteiger partial charge is 0.263 e. The first kappa shape index (κ1) is 16.6. The Morgan fingerprint density at radius 2 is 2.04 bits per heavy atom. The van der Waals surface area contributed by atoms with Crippen LogP contribution in [0.2, 0.25) is 0 Å². The summed E-state index contributed by atoms with van der Waals surface area (Å²) in [7, 11) is 1.72. The van der Waals surface area contributed by atoms with Gasteiger partial charge in [-0.3, -0.25) is 9.36 Å². The molecule has 4 nitrogen and oxygen atoms in total. The van der Waals surface area contributed by atoms with Crippen LogP contribution in [-0.2, 0) is 17.6 Å². The van der Waals surface area contributed by atoms with E-state index in [-0.39, 0.29) is 5.56 Å². The molecule has 0 bridgehead atoms. The Morgan fingerprint density at radius 3 is 2.83 bits per heavy atom. The molecule has 0 spiro atoms. The summed E-state index contributed by atoms with van der Waals surface area (Å²) in [6.45, 7) is 0.685. The molecule has 0 radical (unpaired) electrons. The molecule has 2 heterocycles. The van der Waals surface area contributed by atoms with E-state index in [1.54, 1.807) is 30.2 Å². The van der Waals surface area contributed by atoms with E-state index in [0.29, 0.717) is 12.6 Å². The van der Waals surface area contributed by atoms with Crippen molar-refractivity contribution in [1.29, 1.82) is 0 Å². The predicted molar refractivity (Wildman–Crippen MR) is 101 cm³/mol. The maximum atomic E-state index is 13.4. The number of hydrogen-bond donors (Lipinski definition) is 0. The molecule has 1 fully saturated rings. The van der Waals surface area contributed by atoms with E-state index in [9.17, 15) is 4.79 Å². The lowest BCUT2D eigenvalue weighted by molar-refractivity contribution is 0.218. The molecule has 2 aliphatic carbocycles. The van der Waals surface area contributed by atoms with E-state index in [2.05, 4.69) is 0 Å². The third-order valence-corrected chi connectivity index (χ3v) is 7.30. The molecule has 0 N–H and O–H groups in total. The highest BCUT2D eigenvalue weighted by molar-refractivity contribution is 7.99. The molecular weight excluding hydrogens is 340 g/mol. The molecule has 1 saturated carbocycles. The van der Waals surface area contributed by atoms with Crippen LogP contribution in [0.15, 0.2) is 9.95 Å². The van der Waals surface area contributed by atoms with E-state index in [1.165, 1.54) is 36.1 Å². The Labute approximate surface area is 150 Å². The number of thioether (sulfide) groups is 1. The van der Waals surface area contributed by atoms with Gasteiger partial charge in [0.15, 0.2) is 5.16 Å². The minimum Gasteiger partial charge on any atom is -0.384 e. The van der Waals surface area contributed by atoms with Gasteiger partial charge in [-0.1, -0.05) is 24.6 Å². The van der Waals surface area contributed by atoms with Crippen LogP contribution >= 0.6 is 23.1 Å². The van der Waals surface area contributed by atoms with Gasteiger partial charge in [-0.15, -0.1) is 11.3 Å². The highest BCUT2D eigenvalue weighted by atomic mass is 32.2. The lowest BCUT2D eigenvalue weighted by Gasteiger charge is -2.18. The first-order chi connectivity index (χ1) is 11.8. The zero-order valence-electron chi connectivity index (χ0n) is 14.2. The monoisotopic (exact) mass is 364 g/mol. The van der Waals surface area contributed by atoms with Crippen molar-refractivity contribution in [2.45, 2.75) is 62.6 Å². The molecule has 130 valence electrons. The Bertz CT molecular complexity index is 790. The quantitative estimate of drug-likeness (QED) is 0.453. The lowest BCUT2D eigenvalue weighted by Crippen LogP contribution is -2.27. The van der Waals surface area contributed by atoms with Crippen molar-refractivity contribution in [1.82, 2.24) is 9.55 Å². The molecule has 6 heteroatoms. The lowest BCUT2D eigenvalue weighted by atomic mass is 9.97. The normalized spacial score (nSPS) is 18.4. The molecule has 2 aromatic rings. The highest BCUT2D eigenvalue weighted by Gasteiger charge is 2.26. The fourth-order valence-corrected chi connectivity index (χ4v) is 6.27. The minimum atomic E-state index is 0.214. The Balaban J connectivity index is 1.85.